The minimum atomic E-state index is -0.619. The predicted octanol–water partition coefficient (Wildman–Crippen LogP) is 1.83. The first kappa shape index (κ1) is 14.4. The summed E-state index contributed by atoms with van der Waals surface area (Å²) >= 11 is 0. The number of amides is 1. The molecule has 2 aromatic carbocycles. The molecule has 2 rings (SSSR count). The Morgan fingerprint density at radius 3 is 2.67 bits per heavy atom. The smallest absolute Gasteiger partial charge is 0.275 e. The first-order valence-electron chi connectivity index (χ1n) is 6.20. The van der Waals surface area contributed by atoms with Crippen molar-refractivity contribution in [2.75, 3.05) is 5.73 Å². The molecule has 6 nitrogen and oxygen atoms in total. The molecule has 0 aliphatic carbocycles. The summed E-state index contributed by atoms with van der Waals surface area (Å²) in [7, 11) is 0. The molecule has 0 heterocycles. The third kappa shape index (κ3) is 3.50. The van der Waals surface area contributed by atoms with Gasteiger partial charge in [0.2, 0.25) is 0 Å². The van der Waals surface area contributed by atoms with Crippen molar-refractivity contribution < 1.29 is 15.0 Å². The number of nitrogens with two attached hydrogens (primary N) is 1. The largest absolute Gasteiger partial charge is 0.508 e. The molecule has 0 atom stereocenters. The van der Waals surface area contributed by atoms with Crippen LogP contribution in [0.15, 0.2) is 47.6 Å². The van der Waals surface area contributed by atoms with E-state index in [1.807, 2.05) is 6.07 Å². The Bertz CT molecular complexity index is 711. The van der Waals surface area contributed by atoms with E-state index in [0.717, 1.165) is 11.6 Å². The van der Waals surface area contributed by atoms with Crippen molar-refractivity contribution in [3.05, 3.63) is 53.6 Å². The molecule has 0 aliphatic rings. The lowest BCUT2D eigenvalue weighted by Gasteiger charge is -2.05. The molecule has 6 heteroatoms. The molecule has 0 saturated heterocycles. The van der Waals surface area contributed by atoms with E-state index in [-0.39, 0.29) is 17.1 Å². The van der Waals surface area contributed by atoms with Gasteiger partial charge in [-0.1, -0.05) is 12.1 Å². The number of rotatable bonds is 3. The number of phenolic OH excluding ortho intramolecular Hbond substituents is 2. The molecular weight excluding hydrogens is 270 g/mol. The van der Waals surface area contributed by atoms with Crippen LogP contribution in [0, 0.1) is 0 Å². The average molecular weight is 285 g/mol. The van der Waals surface area contributed by atoms with E-state index in [0.29, 0.717) is 11.4 Å². The van der Waals surface area contributed by atoms with Gasteiger partial charge in [0.15, 0.2) is 0 Å². The Balaban J connectivity index is 2.16. The van der Waals surface area contributed by atoms with Gasteiger partial charge in [-0.2, -0.15) is 5.10 Å². The van der Waals surface area contributed by atoms with Gasteiger partial charge < -0.3 is 15.9 Å². The zero-order chi connectivity index (χ0) is 15.4. The maximum atomic E-state index is 11.9. The van der Waals surface area contributed by atoms with E-state index >= 15 is 0 Å². The van der Waals surface area contributed by atoms with Crippen LogP contribution in [0.1, 0.15) is 22.8 Å². The molecule has 21 heavy (non-hydrogen) atoms. The van der Waals surface area contributed by atoms with E-state index in [4.69, 9.17) is 5.73 Å². The van der Waals surface area contributed by atoms with Crippen LogP contribution in [0.4, 0.5) is 5.69 Å². The van der Waals surface area contributed by atoms with Gasteiger partial charge in [0, 0.05) is 5.69 Å². The van der Waals surface area contributed by atoms with Crippen molar-refractivity contribution in [1.82, 2.24) is 5.43 Å². The maximum absolute atomic E-state index is 11.9. The summed E-state index contributed by atoms with van der Waals surface area (Å²) in [5.74, 6) is -0.969. The predicted molar refractivity (Wildman–Crippen MR) is 80.3 cm³/mol. The SMILES string of the molecule is CC(=NNC(=O)c1cc(O)ccc1O)c1cccc(N)c1. The van der Waals surface area contributed by atoms with Crippen molar-refractivity contribution in [1.29, 1.82) is 0 Å². The van der Waals surface area contributed by atoms with Gasteiger partial charge in [0.05, 0.1) is 11.3 Å². The van der Waals surface area contributed by atoms with E-state index in [2.05, 4.69) is 10.5 Å². The molecule has 1 amide bonds. The van der Waals surface area contributed by atoms with Crippen molar-refractivity contribution in [2.24, 2.45) is 5.10 Å². The monoisotopic (exact) mass is 285 g/mol. The topological polar surface area (TPSA) is 108 Å². The van der Waals surface area contributed by atoms with E-state index < -0.39 is 5.91 Å². The summed E-state index contributed by atoms with van der Waals surface area (Å²) in [6, 6.07) is 10.8. The highest BCUT2D eigenvalue weighted by molar-refractivity contribution is 6.02. The number of aromatic hydroxyl groups is 2. The number of benzene rings is 2. The zero-order valence-corrected chi connectivity index (χ0v) is 11.4. The lowest BCUT2D eigenvalue weighted by molar-refractivity contribution is 0.0951. The van der Waals surface area contributed by atoms with Crippen molar-refractivity contribution in [3.63, 3.8) is 0 Å². The number of nitrogen functional groups attached to an aromatic ring is 1. The number of phenols is 2. The van der Waals surface area contributed by atoms with E-state index in [9.17, 15) is 15.0 Å². The molecule has 0 fully saturated rings. The Hall–Kier alpha value is -3.02. The van der Waals surface area contributed by atoms with Crippen molar-refractivity contribution in [3.8, 4) is 11.5 Å². The fourth-order valence-electron chi connectivity index (χ4n) is 1.73. The molecule has 0 unspecified atom stereocenters. The number of hydrogen-bond acceptors (Lipinski definition) is 5. The normalized spacial score (nSPS) is 11.2. The summed E-state index contributed by atoms with van der Waals surface area (Å²) in [6.07, 6.45) is 0. The number of carbonyl (C=O) groups is 1. The van der Waals surface area contributed by atoms with Crippen molar-refractivity contribution >= 4 is 17.3 Å². The van der Waals surface area contributed by atoms with Gasteiger partial charge >= 0.3 is 0 Å². The number of hydrogen-bond donors (Lipinski definition) is 4. The lowest BCUT2D eigenvalue weighted by Crippen LogP contribution is -2.19. The second kappa shape index (κ2) is 5.96. The molecule has 0 radical (unpaired) electrons. The van der Waals surface area contributed by atoms with Gasteiger partial charge in [-0.05, 0) is 42.8 Å². The Kier molecular flexibility index (Phi) is 4.08. The van der Waals surface area contributed by atoms with Crippen LogP contribution in [0.2, 0.25) is 0 Å². The molecule has 0 aromatic heterocycles. The van der Waals surface area contributed by atoms with Crippen LogP contribution < -0.4 is 11.2 Å². The third-order valence-corrected chi connectivity index (χ3v) is 2.85. The van der Waals surface area contributed by atoms with Crippen molar-refractivity contribution in [2.45, 2.75) is 6.92 Å². The second-order valence-corrected chi connectivity index (χ2v) is 4.47. The molecule has 2 aromatic rings. The highest BCUT2D eigenvalue weighted by atomic mass is 16.3. The average Bonchev–Trinajstić information content (AvgIpc) is 2.47. The quantitative estimate of drug-likeness (QED) is 0.298. The maximum Gasteiger partial charge on any atom is 0.275 e. The Labute approximate surface area is 121 Å². The fourth-order valence-corrected chi connectivity index (χ4v) is 1.73. The number of hydrazone groups is 1. The third-order valence-electron chi connectivity index (χ3n) is 2.85. The van der Waals surface area contributed by atoms with Gasteiger partial charge in [-0.15, -0.1) is 0 Å². The molecule has 0 saturated carbocycles. The van der Waals surface area contributed by atoms with Crippen LogP contribution in [0.25, 0.3) is 0 Å². The minimum Gasteiger partial charge on any atom is -0.508 e. The molecule has 5 N–H and O–H groups in total. The fraction of sp³-hybridized carbons (Fsp3) is 0.0667. The first-order valence-corrected chi connectivity index (χ1v) is 6.20. The summed E-state index contributed by atoms with van der Waals surface area (Å²) in [4.78, 5) is 11.9. The molecule has 0 aliphatic heterocycles. The summed E-state index contributed by atoms with van der Waals surface area (Å²) < 4.78 is 0. The minimum absolute atomic E-state index is 0.0564. The molecule has 0 spiro atoms. The zero-order valence-electron chi connectivity index (χ0n) is 11.4. The standard InChI is InChI=1S/C15H15N3O3/c1-9(10-3-2-4-11(16)7-10)17-18-15(21)13-8-12(19)5-6-14(13)20/h2-8,19-20H,16H2,1H3,(H,18,21). The van der Waals surface area contributed by atoms with Crippen LogP contribution in [-0.2, 0) is 0 Å². The van der Waals surface area contributed by atoms with Gasteiger partial charge in [0.1, 0.15) is 11.5 Å². The first-order chi connectivity index (χ1) is 9.97. The van der Waals surface area contributed by atoms with Gasteiger partial charge in [0.25, 0.3) is 5.91 Å². The summed E-state index contributed by atoms with van der Waals surface area (Å²) in [5, 5.41) is 22.9. The van der Waals surface area contributed by atoms with Crippen LogP contribution in [0.5, 0.6) is 11.5 Å². The Morgan fingerprint density at radius 1 is 1.19 bits per heavy atom. The molecule has 108 valence electrons. The number of anilines is 1. The number of nitrogens with zero attached hydrogens (tertiary/aromatic N) is 1. The lowest BCUT2D eigenvalue weighted by atomic mass is 10.1. The second-order valence-electron chi connectivity index (χ2n) is 4.47. The van der Waals surface area contributed by atoms with E-state index in [1.54, 1.807) is 25.1 Å². The van der Waals surface area contributed by atoms with Gasteiger partial charge in [-0.25, -0.2) is 5.43 Å². The highest BCUT2D eigenvalue weighted by Crippen LogP contribution is 2.21. The Morgan fingerprint density at radius 2 is 1.95 bits per heavy atom. The van der Waals surface area contributed by atoms with Crippen LogP contribution in [0.3, 0.4) is 0 Å². The highest BCUT2D eigenvalue weighted by Gasteiger charge is 2.11. The van der Waals surface area contributed by atoms with E-state index in [1.165, 1.54) is 12.1 Å². The van der Waals surface area contributed by atoms with Crippen LogP contribution in [-0.4, -0.2) is 21.8 Å². The number of nitrogens with one attached hydrogen (secondary N) is 1. The summed E-state index contributed by atoms with van der Waals surface area (Å²) in [6.45, 7) is 1.72. The number of carbonyl (C=O) groups excluding carboxylic acids is 1. The summed E-state index contributed by atoms with van der Waals surface area (Å²) in [5.41, 5.74) is 9.88. The molecule has 0 bridgehead atoms. The van der Waals surface area contributed by atoms with Gasteiger partial charge in [-0.3, -0.25) is 4.79 Å². The molecular formula is C15H15N3O3. The van der Waals surface area contributed by atoms with Crippen LogP contribution >= 0.6 is 0 Å².